The normalized spacial score (nSPS) is 13.8. The molecule has 5 rings (SSSR count). The van der Waals surface area contributed by atoms with Crippen LogP contribution in [-0.2, 0) is 0 Å². The van der Waals surface area contributed by atoms with Gasteiger partial charge in [0.1, 0.15) is 5.75 Å². The molecule has 3 aromatic carbocycles. The highest BCUT2D eigenvalue weighted by atomic mass is 16.4. The minimum absolute atomic E-state index is 0.00985. The molecule has 0 bridgehead atoms. The number of aryl methyl sites for hydroxylation is 1. The third-order valence-corrected chi connectivity index (χ3v) is 5.89. The van der Waals surface area contributed by atoms with Crippen LogP contribution in [-0.4, -0.2) is 52.3 Å². The topological polar surface area (TPSA) is 82.7 Å². The summed E-state index contributed by atoms with van der Waals surface area (Å²) < 4.78 is 5.83. The molecule has 1 aliphatic heterocycles. The molecule has 0 unspecified atom stereocenters. The first-order valence-electron chi connectivity index (χ1n) is 10.9. The van der Waals surface area contributed by atoms with Crippen molar-refractivity contribution in [3.63, 3.8) is 0 Å². The number of hydrogen-bond donors (Lipinski definition) is 1. The number of para-hydroxylation sites is 2. The van der Waals surface area contributed by atoms with E-state index in [-0.39, 0.29) is 11.7 Å². The Balaban J connectivity index is 1.24. The Bertz CT molecular complexity index is 1260. The van der Waals surface area contributed by atoms with Crippen molar-refractivity contribution in [2.24, 2.45) is 0 Å². The van der Waals surface area contributed by atoms with Gasteiger partial charge in [0.25, 0.3) is 5.91 Å². The van der Waals surface area contributed by atoms with Crippen molar-refractivity contribution in [2.75, 3.05) is 31.1 Å². The molecule has 1 N–H and O–H groups in total. The maximum atomic E-state index is 13.0. The van der Waals surface area contributed by atoms with Gasteiger partial charge in [-0.25, -0.2) is 0 Å². The Morgan fingerprint density at radius 3 is 2.00 bits per heavy atom. The number of rotatable bonds is 4. The van der Waals surface area contributed by atoms with Crippen LogP contribution < -0.4 is 4.90 Å². The largest absolute Gasteiger partial charge is 0.506 e. The van der Waals surface area contributed by atoms with Gasteiger partial charge in [-0.2, -0.15) is 0 Å². The summed E-state index contributed by atoms with van der Waals surface area (Å²) >= 11 is 0. The van der Waals surface area contributed by atoms with Crippen molar-refractivity contribution in [3.05, 3.63) is 83.9 Å². The van der Waals surface area contributed by atoms with E-state index in [0.29, 0.717) is 43.5 Å². The van der Waals surface area contributed by atoms with Crippen LogP contribution in [0.1, 0.15) is 15.9 Å². The molecular formula is C26H24N4O3. The molecule has 0 atom stereocenters. The second-order valence-corrected chi connectivity index (χ2v) is 8.12. The SMILES string of the molecule is Cc1ccc(-c2nnc(-c3ccc(C(=O)N4CCN(c5ccccc5O)CC4)cc3)o2)cc1. The Labute approximate surface area is 191 Å². The Morgan fingerprint density at radius 1 is 0.818 bits per heavy atom. The van der Waals surface area contributed by atoms with Crippen molar-refractivity contribution in [1.29, 1.82) is 0 Å². The minimum Gasteiger partial charge on any atom is -0.506 e. The van der Waals surface area contributed by atoms with Crippen LogP contribution in [0.4, 0.5) is 5.69 Å². The molecule has 7 heteroatoms. The number of aromatic hydroxyl groups is 1. The standard InChI is InChI=1S/C26H24N4O3/c1-18-6-8-19(9-7-18)24-27-28-25(33-24)20-10-12-21(13-11-20)26(32)30-16-14-29(15-17-30)22-4-2-3-5-23(22)31/h2-13,31H,14-17H2,1H3. The number of benzene rings is 3. The van der Waals surface area contributed by atoms with E-state index in [4.69, 9.17) is 4.42 Å². The summed E-state index contributed by atoms with van der Waals surface area (Å²) in [6, 6.07) is 22.4. The number of piperazine rings is 1. The molecule has 0 saturated carbocycles. The summed E-state index contributed by atoms with van der Waals surface area (Å²) in [6.45, 7) is 4.56. The number of nitrogens with zero attached hydrogens (tertiary/aromatic N) is 4. The lowest BCUT2D eigenvalue weighted by Gasteiger charge is -2.36. The van der Waals surface area contributed by atoms with E-state index in [1.807, 2.05) is 60.4 Å². The van der Waals surface area contributed by atoms with Crippen molar-refractivity contribution >= 4 is 11.6 Å². The van der Waals surface area contributed by atoms with Crippen LogP contribution in [0.3, 0.4) is 0 Å². The highest BCUT2D eigenvalue weighted by molar-refractivity contribution is 5.94. The summed E-state index contributed by atoms with van der Waals surface area (Å²) in [6.07, 6.45) is 0. The molecule has 0 aliphatic carbocycles. The Hall–Kier alpha value is -4.13. The molecule has 7 nitrogen and oxygen atoms in total. The zero-order chi connectivity index (χ0) is 22.8. The van der Waals surface area contributed by atoms with Gasteiger partial charge in [0.05, 0.1) is 5.69 Å². The van der Waals surface area contributed by atoms with Gasteiger partial charge >= 0.3 is 0 Å². The second-order valence-electron chi connectivity index (χ2n) is 8.12. The van der Waals surface area contributed by atoms with Crippen LogP contribution in [0.5, 0.6) is 5.75 Å². The van der Waals surface area contributed by atoms with Gasteiger partial charge in [-0.05, 0) is 55.5 Å². The molecule has 1 saturated heterocycles. The second kappa shape index (κ2) is 8.78. The molecule has 2 heterocycles. The van der Waals surface area contributed by atoms with E-state index in [0.717, 1.165) is 16.8 Å². The van der Waals surface area contributed by atoms with Gasteiger partial charge in [-0.3, -0.25) is 4.79 Å². The molecular weight excluding hydrogens is 416 g/mol. The Kier molecular flexibility index (Phi) is 5.52. The van der Waals surface area contributed by atoms with Gasteiger partial charge in [0.2, 0.25) is 11.8 Å². The molecule has 0 spiro atoms. The molecule has 33 heavy (non-hydrogen) atoms. The summed E-state index contributed by atoms with van der Waals surface area (Å²) in [5.74, 6) is 1.14. The van der Waals surface area contributed by atoms with Crippen molar-refractivity contribution in [1.82, 2.24) is 15.1 Å². The number of carbonyl (C=O) groups is 1. The predicted molar refractivity (Wildman–Crippen MR) is 126 cm³/mol. The fourth-order valence-corrected chi connectivity index (χ4v) is 3.97. The number of aromatic nitrogens is 2. The zero-order valence-electron chi connectivity index (χ0n) is 18.3. The van der Waals surface area contributed by atoms with Crippen molar-refractivity contribution in [2.45, 2.75) is 6.92 Å². The van der Waals surface area contributed by atoms with E-state index in [1.54, 1.807) is 24.3 Å². The van der Waals surface area contributed by atoms with Gasteiger partial charge in [-0.15, -0.1) is 10.2 Å². The van der Waals surface area contributed by atoms with Gasteiger partial charge in [-0.1, -0.05) is 29.8 Å². The van der Waals surface area contributed by atoms with E-state index in [1.165, 1.54) is 5.56 Å². The van der Waals surface area contributed by atoms with Crippen LogP contribution in [0, 0.1) is 6.92 Å². The smallest absolute Gasteiger partial charge is 0.253 e. The fourth-order valence-electron chi connectivity index (χ4n) is 3.97. The number of amides is 1. The molecule has 1 aromatic heterocycles. The van der Waals surface area contributed by atoms with Crippen LogP contribution in [0.2, 0.25) is 0 Å². The highest BCUT2D eigenvalue weighted by Gasteiger charge is 2.23. The average Bonchev–Trinajstić information content (AvgIpc) is 3.35. The average molecular weight is 441 g/mol. The van der Waals surface area contributed by atoms with Crippen molar-refractivity contribution in [3.8, 4) is 28.7 Å². The van der Waals surface area contributed by atoms with E-state index >= 15 is 0 Å². The van der Waals surface area contributed by atoms with E-state index in [9.17, 15) is 9.90 Å². The van der Waals surface area contributed by atoms with E-state index in [2.05, 4.69) is 15.1 Å². The number of anilines is 1. The lowest BCUT2D eigenvalue weighted by atomic mass is 10.1. The molecule has 4 aromatic rings. The monoisotopic (exact) mass is 440 g/mol. The summed E-state index contributed by atoms with van der Waals surface area (Å²) in [4.78, 5) is 16.9. The molecule has 1 aliphatic rings. The van der Waals surface area contributed by atoms with Crippen LogP contribution in [0.15, 0.2) is 77.2 Å². The summed E-state index contributed by atoms with van der Waals surface area (Å²) in [7, 11) is 0. The predicted octanol–water partition coefficient (Wildman–Crippen LogP) is 4.38. The first kappa shape index (κ1) is 20.8. The summed E-state index contributed by atoms with van der Waals surface area (Å²) in [5, 5.41) is 18.4. The first-order valence-corrected chi connectivity index (χ1v) is 10.9. The highest BCUT2D eigenvalue weighted by Crippen LogP contribution is 2.28. The maximum absolute atomic E-state index is 13.0. The fraction of sp³-hybridized carbons (Fsp3) is 0.192. The third kappa shape index (κ3) is 4.30. The zero-order valence-corrected chi connectivity index (χ0v) is 18.3. The number of hydrogen-bond acceptors (Lipinski definition) is 6. The third-order valence-electron chi connectivity index (χ3n) is 5.89. The lowest BCUT2D eigenvalue weighted by Crippen LogP contribution is -2.48. The quantitative estimate of drug-likeness (QED) is 0.507. The van der Waals surface area contributed by atoms with E-state index < -0.39 is 0 Å². The Morgan fingerprint density at radius 2 is 1.39 bits per heavy atom. The lowest BCUT2D eigenvalue weighted by molar-refractivity contribution is 0.0746. The maximum Gasteiger partial charge on any atom is 0.253 e. The van der Waals surface area contributed by atoms with Gasteiger partial charge in [0.15, 0.2) is 0 Å². The molecule has 1 fully saturated rings. The molecule has 166 valence electrons. The number of carbonyl (C=O) groups excluding carboxylic acids is 1. The van der Waals surface area contributed by atoms with Crippen LogP contribution >= 0.6 is 0 Å². The first-order chi connectivity index (χ1) is 16.1. The van der Waals surface area contributed by atoms with Crippen LogP contribution in [0.25, 0.3) is 22.9 Å². The molecule has 0 radical (unpaired) electrons. The van der Waals surface area contributed by atoms with Gasteiger partial charge in [0, 0.05) is 42.9 Å². The number of phenolic OH excluding ortho intramolecular Hbond substituents is 1. The number of phenols is 1. The minimum atomic E-state index is -0.00985. The van der Waals surface area contributed by atoms with Gasteiger partial charge < -0.3 is 19.3 Å². The molecule has 1 amide bonds. The van der Waals surface area contributed by atoms with Crippen molar-refractivity contribution < 1.29 is 14.3 Å². The summed E-state index contributed by atoms with van der Waals surface area (Å²) in [5.41, 5.74) is 4.22.